The van der Waals surface area contributed by atoms with E-state index in [9.17, 15) is 4.39 Å². The van der Waals surface area contributed by atoms with Crippen molar-refractivity contribution < 1.29 is 4.39 Å². The molecule has 1 aromatic rings. The maximum absolute atomic E-state index is 13.1. The standard InChI is InChI=1S/C17H25ClFN/c1-11(2)13-4-6-14(7-5-13)17(20)10-12-3-8-16(19)15(18)9-12/h3,8-9,11,13-14,17H,4-7,10,20H2,1-2H3. The van der Waals surface area contributed by atoms with E-state index in [1.54, 1.807) is 12.1 Å². The van der Waals surface area contributed by atoms with Crippen molar-refractivity contribution in [2.45, 2.75) is 52.0 Å². The predicted octanol–water partition coefficient (Wildman–Crippen LogP) is 4.81. The SMILES string of the molecule is CC(C)C1CCC(C(N)Cc2ccc(F)c(Cl)c2)CC1. The molecule has 0 radical (unpaired) electrons. The number of rotatable bonds is 4. The first-order chi connectivity index (χ1) is 9.47. The van der Waals surface area contributed by atoms with Crippen LogP contribution in [-0.2, 0) is 6.42 Å². The van der Waals surface area contributed by atoms with Crippen molar-refractivity contribution in [2.24, 2.45) is 23.5 Å². The van der Waals surface area contributed by atoms with Crippen molar-refractivity contribution in [2.75, 3.05) is 0 Å². The normalized spacial score (nSPS) is 24.9. The molecule has 0 aromatic heterocycles. The molecule has 2 N–H and O–H groups in total. The Hall–Kier alpha value is -0.600. The summed E-state index contributed by atoms with van der Waals surface area (Å²) in [6.45, 7) is 4.62. The monoisotopic (exact) mass is 297 g/mol. The lowest BCUT2D eigenvalue weighted by molar-refractivity contribution is 0.202. The van der Waals surface area contributed by atoms with Crippen molar-refractivity contribution >= 4 is 11.6 Å². The van der Waals surface area contributed by atoms with E-state index in [2.05, 4.69) is 13.8 Å². The van der Waals surface area contributed by atoms with Gasteiger partial charge in [-0.05, 0) is 67.6 Å². The molecule has 0 saturated heterocycles. The summed E-state index contributed by atoms with van der Waals surface area (Å²) in [6.07, 6.45) is 5.81. The van der Waals surface area contributed by atoms with Crippen molar-refractivity contribution in [1.29, 1.82) is 0 Å². The highest BCUT2D eigenvalue weighted by Crippen LogP contribution is 2.35. The van der Waals surface area contributed by atoms with E-state index in [1.807, 2.05) is 0 Å². The first kappa shape index (κ1) is 15.8. The highest BCUT2D eigenvalue weighted by molar-refractivity contribution is 6.30. The minimum absolute atomic E-state index is 0.157. The summed E-state index contributed by atoms with van der Waals surface area (Å²) in [7, 11) is 0. The van der Waals surface area contributed by atoms with Gasteiger partial charge in [0.1, 0.15) is 5.82 Å². The van der Waals surface area contributed by atoms with Crippen LogP contribution in [0, 0.1) is 23.6 Å². The second-order valence-corrected chi connectivity index (χ2v) is 6.94. The molecule has 1 aromatic carbocycles. The molecule has 1 atom stereocenters. The molecular weight excluding hydrogens is 273 g/mol. The molecule has 112 valence electrons. The van der Waals surface area contributed by atoms with E-state index in [0.717, 1.165) is 23.8 Å². The van der Waals surface area contributed by atoms with Crippen LogP contribution >= 0.6 is 11.6 Å². The van der Waals surface area contributed by atoms with Gasteiger partial charge in [-0.25, -0.2) is 4.39 Å². The Labute approximate surface area is 126 Å². The number of halogens is 2. The van der Waals surface area contributed by atoms with E-state index in [4.69, 9.17) is 17.3 Å². The highest BCUT2D eigenvalue weighted by atomic mass is 35.5. The van der Waals surface area contributed by atoms with Gasteiger partial charge in [0.25, 0.3) is 0 Å². The van der Waals surface area contributed by atoms with Crippen LogP contribution in [0.25, 0.3) is 0 Å². The van der Waals surface area contributed by atoms with Crippen LogP contribution in [0.4, 0.5) is 4.39 Å². The summed E-state index contributed by atoms with van der Waals surface area (Å²) < 4.78 is 13.1. The van der Waals surface area contributed by atoms with Gasteiger partial charge in [0.15, 0.2) is 0 Å². The van der Waals surface area contributed by atoms with Gasteiger partial charge < -0.3 is 5.73 Å². The van der Waals surface area contributed by atoms with Gasteiger partial charge in [0.2, 0.25) is 0 Å². The third-order valence-electron chi connectivity index (χ3n) is 4.82. The highest BCUT2D eigenvalue weighted by Gasteiger charge is 2.27. The van der Waals surface area contributed by atoms with E-state index in [1.165, 1.54) is 31.7 Å². The molecule has 2 rings (SSSR count). The molecule has 1 saturated carbocycles. The van der Waals surface area contributed by atoms with E-state index in [-0.39, 0.29) is 16.9 Å². The molecule has 0 amide bonds. The zero-order valence-corrected chi connectivity index (χ0v) is 13.2. The Balaban J connectivity index is 1.89. The smallest absolute Gasteiger partial charge is 0.141 e. The third kappa shape index (κ3) is 3.95. The van der Waals surface area contributed by atoms with Gasteiger partial charge in [-0.1, -0.05) is 31.5 Å². The molecule has 3 heteroatoms. The van der Waals surface area contributed by atoms with Crippen LogP contribution in [0.5, 0.6) is 0 Å². The molecule has 1 nitrogen and oxygen atoms in total. The first-order valence-electron chi connectivity index (χ1n) is 7.67. The predicted molar refractivity (Wildman–Crippen MR) is 83.4 cm³/mol. The fourth-order valence-corrected chi connectivity index (χ4v) is 3.55. The van der Waals surface area contributed by atoms with Crippen molar-refractivity contribution in [3.63, 3.8) is 0 Å². The van der Waals surface area contributed by atoms with E-state index >= 15 is 0 Å². The fraction of sp³-hybridized carbons (Fsp3) is 0.647. The summed E-state index contributed by atoms with van der Waals surface area (Å²) in [5.41, 5.74) is 7.39. The fourth-order valence-electron chi connectivity index (χ4n) is 3.35. The Kier molecular flexibility index (Phi) is 5.45. The minimum Gasteiger partial charge on any atom is -0.327 e. The van der Waals surface area contributed by atoms with Crippen LogP contribution in [0.3, 0.4) is 0 Å². The maximum Gasteiger partial charge on any atom is 0.141 e. The lowest BCUT2D eigenvalue weighted by Crippen LogP contribution is -2.35. The number of nitrogens with two attached hydrogens (primary N) is 1. The molecule has 1 aliphatic carbocycles. The quantitative estimate of drug-likeness (QED) is 0.848. The average Bonchev–Trinajstić information content (AvgIpc) is 2.43. The molecule has 0 spiro atoms. The van der Waals surface area contributed by atoms with Crippen molar-refractivity contribution in [3.05, 3.63) is 34.6 Å². The number of hydrogen-bond acceptors (Lipinski definition) is 1. The van der Waals surface area contributed by atoms with E-state index < -0.39 is 0 Å². The summed E-state index contributed by atoms with van der Waals surface area (Å²) in [5.74, 6) is 1.87. The maximum atomic E-state index is 13.1. The van der Waals surface area contributed by atoms with Gasteiger partial charge in [0, 0.05) is 6.04 Å². The van der Waals surface area contributed by atoms with E-state index in [0.29, 0.717) is 5.92 Å². The van der Waals surface area contributed by atoms with Gasteiger partial charge in [-0.15, -0.1) is 0 Å². The summed E-state index contributed by atoms with van der Waals surface area (Å²) in [4.78, 5) is 0. The first-order valence-corrected chi connectivity index (χ1v) is 8.04. The summed E-state index contributed by atoms with van der Waals surface area (Å²) in [6, 6.07) is 5.09. The second kappa shape index (κ2) is 6.91. The van der Waals surface area contributed by atoms with Gasteiger partial charge in [-0.3, -0.25) is 0 Å². The summed E-state index contributed by atoms with van der Waals surface area (Å²) >= 11 is 5.82. The number of hydrogen-bond donors (Lipinski definition) is 1. The Bertz CT molecular complexity index is 439. The van der Waals surface area contributed by atoms with Crippen LogP contribution in [0.2, 0.25) is 5.02 Å². The molecule has 1 fully saturated rings. The van der Waals surface area contributed by atoms with Gasteiger partial charge >= 0.3 is 0 Å². The molecule has 0 aliphatic heterocycles. The topological polar surface area (TPSA) is 26.0 Å². The van der Waals surface area contributed by atoms with Crippen LogP contribution in [0.1, 0.15) is 45.1 Å². The lowest BCUT2D eigenvalue weighted by atomic mass is 9.74. The van der Waals surface area contributed by atoms with Crippen molar-refractivity contribution in [3.8, 4) is 0 Å². The molecule has 20 heavy (non-hydrogen) atoms. The van der Waals surface area contributed by atoms with Crippen LogP contribution in [0.15, 0.2) is 18.2 Å². The van der Waals surface area contributed by atoms with Gasteiger partial charge in [0.05, 0.1) is 5.02 Å². The van der Waals surface area contributed by atoms with Crippen LogP contribution in [-0.4, -0.2) is 6.04 Å². The molecule has 1 aliphatic rings. The Morgan fingerprint density at radius 3 is 2.35 bits per heavy atom. The average molecular weight is 298 g/mol. The minimum atomic E-state index is -0.360. The Morgan fingerprint density at radius 2 is 1.80 bits per heavy atom. The largest absolute Gasteiger partial charge is 0.327 e. The zero-order valence-electron chi connectivity index (χ0n) is 12.4. The molecular formula is C17H25ClFN. The zero-order chi connectivity index (χ0) is 14.7. The second-order valence-electron chi connectivity index (χ2n) is 6.54. The lowest BCUT2D eigenvalue weighted by Gasteiger charge is -2.34. The molecule has 1 unspecified atom stereocenters. The van der Waals surface area contributed by atoms with Gasteiger partial charge in [-0.2, -0.15) is 0 Å². The summed E-state index contributed by atoms with van der Waals surface area (Å²) in [5, 5.41) is 0.193. The molecule has 0 bridgehead atoms. The Morgan fingerprint density at radius 1 is 1.20 bits per heavy atom. The molecule has 0 heterocycles. The third-order valence-corrected chi connectivity index (χ3v) is 5.11. The van der Waals surface area contributed by atoms with Crippen molar-refractivity contribution in [1.82, 2.24) is 0 Å². The van der Waals surface area contributed by atoms with Crippen LogP contribution < -0.4 is 5.73 Å². The number of benzene rings is 1.